The third kappa shape index (κ3) is 5.66. The van der Waals surface area contributed by atoms with Crippen LogP contribution in [0.1, 0.15) is 35.7 Å². The standard InChI is InChI=1S/C21H22N2O7S/c1-4-27-21(26)19-15(14-7-5-6-8-16(14)29-19)10-28-18(24)11-31-13(3)20(25)22-17-9-12(2)30-23-17/h5-9,13H,4,10-11H2,1-3H3,(H,22,23,25). The van der Waals surface area contributed by atoms with Crippen LogP contribution in [0.3, 0.4) is 0 Å². The Kier molecular flexibility index (Phi) is 7.35. The molecule has 0 spiro atoms. The smallest absolute Gasteiger partial charge is 0.374 e. The molecule has 10 heteroatoms. The number of aryl methyl sites for hydroxylation is 1. The van der Waals surface area contributed by atoms with Crippen LogP contribution in [0, 0.1) is 6.92 Å². The Bertz CT molecular complexity index is 1090. The van der Waals surface area contributed by atoms with Crippen molar-refractivity contribution in [2.24, 2.45) is 0 Å². The Morgan fingerprint density at radius 1 is 1.23 bits per heavy atom. The van der Waals surface area contributed by atoms with Gasteiger partial charge in [-0.1, -0.05) is 23.4 Å². The number of ether oxygens (including phenoxy) is 2. The number of anilines is 1. The lowest BCUT2D eigenvalue weighted by Gasteiger charge is -2.10. The molecule has 9 nitrogen and oxygen atoms in total. The molecule has 0 aliphatic carbocycles. The van der Waals surface area contributed by atoms with Gasteiger partial charge in [-0.05, 0) is 26.8 Å². The van der Waals surface area contributed by atoms with E-state index in [2.05, 4.69) is 10.5 Å². The predicted octanol–water partition coefficient (Wildman–Crippen LogP) is 3.71. The van der Waals surface area contributed by atoms with E-state index in [0.29, 0.717) is 28.1 Å². The van der Waals surface area contributed by atoms with Gasteiger partial charge in [0.15, 0.2) is 5.82 Å². The molecule has 1 unspecified atom stereocenters. The van der Waals surface area contributed by atoms with Crippen molar-refractivity contribution in [1.82, 2.24) is 5.16 Å². The maximum absolute atomic E-state index is 12.2. The number of aromatic nitrogens is 1. The second-order valence-electron chi connectivity index (χ2n) is 6.55. The number of benzene rings is 1. The lowest BCUT2D eigenvalue weighted by Crippen LogP contribution is -2.24. The molecule has 0 radical (unpaired) electrons. The molecule has 0 aliphatic heterocycles. The number of carbonyl (C=O) groups is 3. The van der Waals surface area contributed by atoms with E-state index in [1.807, 2.05) is 0 Å². The number of rotatable bonds is 9. The van der Waals surface area contributed by atoms with Gasteiger partial charge < -0.3 is 23.7 Å². The third-order valence-corrected chi connectivity index (χ3v) is 5.35. The lowest BCUT2D eigenvalue weighted by molar-refractivity contribution is -0.141. The first-order valence-electron chi connectivity index (χ1n) is 9.58. The zero-order valence-corrected chi connectivity index (χ0v) is 18.1. The van der Waals surface area contributed by atoms with Crippen LogP contribution in [0.2, 0.25) is 0 Å². The van der Waals surface area contributed by atoms with Crippen LogP contribution in [0.25, 0.3) is 11.0 Å². The molecule has 1 amide bonds. The number of esters is 2. The number of furan rings is 1. The van der Waals surface area contributed by atoms with Crippen LogP contribution in [0.5, 0.6) is 0 Å². The number of hydrogen-bond acceptors (Lipinski definition) is 9. The van der Waals surface area contributed by atoms with Gasteiger partial charge in [0.1, 0.15) is 18.0 Å². The molecule has 31 heavy (non-hydrogen) atoms. The highest BCUT2D eigenvalue weighted by Gasteiger charge is 2.23. The minimum Gasteiger partial charge on any atom is -0.460 e. The van der Waals surface area contributed by atoms with Gasteiger partial charge in [0.2, 0.25) is 11.7 Å². The molecule has 2 heterocycles. The number of thioether (sulfide) groups is 1. The molecule has 0 fully saturated rings. The first kappa shape index (κ1) is 22.4. The molecule has 0 saturated carbocycles. The highest BCUT2D eigenvalue weighted by atomic mass is 32.2. The second kappa shape index (κ2) is 10.2. The van der Waals surface area contributed by atoms with E-state index in [1.165, 1.54) is 0 Å². The molecular weight excluding hydrogens is 424 g/mol. The van der Waals surface area contributed by atoms with Crippen LogP contribution in [-0.2, 0) is 25.7 Å². The summed E-state index contributed by atoms with van der Waals surface area (Å²) in [6, 6.07) is 8.66. The second-order valence-corrected chi connectivity index (χ2v) is 7.88. The largest absolute Gasteiger partial charge is 0.460 e. The van der Waals surface area contributed by atoms with Crippen LogP contribution in [0.4, 0.5) is 5.82 Å². The van der Waals surface area contributed by atoms with Gasteiger partial charge >= 0.3 is 11.9 Å². The molecule has 1 atom stereocenters. The van der Waals surface area contributed by atoms with Crippen LogP contribution in [0.15, 0.2) is 39.3 Å². The monoisotopic (exact) mass is 446 g/mol. The summed E-state index contributed by atoms with van der Waals surface area (Å²) in [5.41, 5.74) is 0.943. The van der Waals surface area contributed by atoms with Crippen molar-refractivity contribution in [1.29, 1.82) is 0 Å². The van der Waals surface area contributed by atoms with Gasteiger partial charge in [0.25, 0.3) is 0 Å². The van der Waals surface area contributed by atoms with Crippen molar-refractivity contribution in [3.63, 3.8) is 0 Å². The van der Waals surface area contributed by atoms with E-state index in [-0.39, 0.29) is 30.6 Å². The van der Waals surface area contributed by atoms with Gasteiger partial charge in [-0.15, -0.1) is 11.8 Å². The average molecular weight is 446 g/mol. The molecular formula is C21H22N2O7S. The van der Waals surface area contributed by atoms with Crippen molar-refractivity contribution >= 4 is 46.4 Å². The third-order valence-electron chi connectivity index (χ3n) is 4.24. The average Bonchev–Trinajstić information content (AvgIpc) is 3.33. The van der Waals surface area contributed by atoms with E-state index < -0.39 is 17.2 Å². The maximum atomic E-state index is 12.2. The Morgan fingerprint density at radius 3 is 2.71 bits per heavy atom. The van der Waals surface area contributed by atoms with Gasteiger partial charge in [-0.25, -0.2) is 4.79 Å². The maximum Gasteiger partial charge on any atom is 0.374 e. The van der Waals surface area contributed by atoms with Gasteiger partial charge in [-0.2, -0.15) is 0 Å². The quantitative estimate of drug-likeness (QED) is 0.490. The molecule has 0 bridgehead atoms. The van der Waals surface area contributed by atoms with E-state index >= 15 is 0 Å². The Morgan fingerprint density at radius 2 is 2.00 bits per heavy atom. The molecule has 1 aromatic carbocycles. The molecule has 1 N–H and O–H groups in total. The summed E-state index contributed by atoms with van der Waals surface area (Å²) >= 11 is 1.12. The summed E-state index contributed by atoms with van der Waals surface area (Å²) in [4.78, 5) is 36.6. The van der Waals surface area contributed by atoms with Crippen LogP contribution >= 0.6 is 11.8 Å². The van der Waals surface area contributed by atoms with E-state index in [0.717, 1.165) is 11.8 Å². The fraction of sp³-hybridized carbons (Fsp3) is 0.333. The summed E-state index contributed by atoms with van der Waals surface area (Å²) < 4.78 is 20.8. The Balaban J connectivity index is 1.56. The molecule has 3 aromatic rings. The molecule has 2 aromatic heterocycles. The number of nitrogens with one attached hydrogen (secondary N) is 1. The first-order valence-corrected chi connectivity index (χ1v) is 10.6. The number of para-hydroxylation sites is 1. The van der Waals surface area contributed by atoms with E-state index in [4.69, 9.17) is 18.4 Å². The molecule has 3 rings (SSSR count). The number of amides is 1. The van der Waals surface area contributed by atoms with Crippen molar-refractivity contribution in [2.75, 3.05) is 17.7 Å². The summed E-state index contributed by atoms with van der Waals surface area (Å²) in [7, 11) is 0. The summed E-state index contributed by atoms with van der Waals surface area (Å²) in [6.07, 6.45) is 0. The Hall–Kier alpha value is -3.27. The number of nitrogens with zero attached hydrogens (tertiary/aromatic N) is 1. The van der Waals surface area contributed by atoms with Gasteiger partial charge in [0.05, 0.1) is 23.2 Å². The minimum atomic E-state index is -0.618. The van der Waals surface area contributed by atoms with E-state index in [9.17, 15) is 14.4 Å². The summed E-state index contributed by atoms with van der Waals surface area (Å²) in [5.74, 6) is -0.592. The fourth-order valence-corrected chi connectivity index (χ4v) is 3.40. The SMILES string of the molecule is CCOC(=O)c1oc2ccccc2c1COC(=O)CSC(C)C(=O)Nc1cc(C)on1. The fourth-order valence-electron chi connectivity index (χ4n) is 2.72. The van der Waals surface area contributed by atoms with Crippen molar-refractivity contribution in [2.45, 2.75) is 32.6 Å². The van der Waals surface area contributed by atoms with Crippen LogP contribution in [-0.4, -0.2) is 40.6 Å². The van der Waals surface area contributed by atoms with Crippen LogP contribution < -0.4 is 5.32 Å². The van der Waals surface area contributed by atoms with Crippen molar-refractivity contribution in [3.8, 4) is 0 Å². The van der Waals surface area contributed by atoms with Crippen molar-refractivity contribution < 1.29 is 32.8 Å². The van der Waals surface area contributed by atoms with Crippen molar-refractivity contribution in [3.05, 3.63) is 47.4 Å². The van der Waals surface area contributed by atoms with Gasteiger partial charge in [-0.3, -0.25) is 9.59 Å². The number of fused-ring (bicyclic) bond motifs is 1. The first-order chi connectivity index (χ1) is 14.9. The summed E-state index contributed by atoms with van der Waals surface area (Å²) in [5, 5.41) is 6.46. The normalized spacial score (nSPS) is 11.8. The zero-order chi connectivity index (χ0) is 22.4. The predicted molar refractivity (Wildman–Crippen MR) is 114 cm³/mol. The highest BCUT2D eigenvalue weighted by Crippen LogP contribution is 2.27. The topological polar surface area (TPSA) is 121 Å². The van der Waals surface area contributed by atoms with Gasteiger partial charge in [0, 0.05) is 11.5 Å². The highest BCUT2D eigenvalue weighted by molar-refractivity contribution is 8.01. The number of carbonyl (C=O) groups excluding carboxylic acids is 3. The number of hydrogen-bond donors (Lipinski definition) is 1. The molecule has 164 valence electrons. The zero-order valence-electron chi connectivity index (χ0n) is 17.3. The molecule has 0 saturated heterocycles. The Labute approximate surface area is 182 Å². The summed E-state index contributed by atoms with van der Waals surface area (Å²) in [6.45, 7) is 5.12. The minimum absolute atomic E-state index is 0.0131. The van der Waals surface area contributed by atoms with E-state index in [1.54, 1.807) is 51.1 Å². The molecule has 0 aliphatic rings. The lowest BCUT2D eigenvalue weighted by atomic mass is 10.1.